The molecule has 0 saturated heterocycles. The minimum absolute atomic E-state index is 0.168. The van der Waals surface area contributed by atoms with Gasteiger partial charge < -0.3 is 10.6 Å². The molecule has 6 heteroatoms. The van der Waals surface area contributed by atoms with Crippen LogP contribution in [0.2, 0.25) is 5.02 Å². The molecule has 23 heavy (non-hydrogen) atoms. The van der Waals surface area contributed by atoms with Gasteiger partial charge in [-0.05, 0) is 36.6 Å². The molecule has 0 bridgehead atoms. The first-order chi connectivity index (χ1) is 11.2. The van der Waals surface area contributed by atoms with Gasteiger partial charge in [0.15, 0.2) is 0 Å². The average Bonchev–Trinajstić information content (AvgIpc) is 2.55. The molecule has 0 unspecified atom stereocenters. The van der Waals surface area contributed by atoms with Crippen molar-refractivity contribution < 1.29 is 4.79 Å². The summed E-state index contributed by atoms with van der Waals surface area (Å²) in [7, 11) is 0. The predicted molar refractivity (Wildman–Crippen MR) is 92.9 cm³/mol. The SMILES string of the molecule is CCCCNC(=O)c1ccnc(NCCc2cccc(Cl)c2)n1. The summed E-state index contributed by atoms with van der Waals surface area (Å²) in [5, 5.41) is 6.70. The Labute approximate surface area is 141 Å². The number of hydrogen-bond acceptors (Lipinski definition) is 4. The Morgan fingerprint density at radius 1 is 1.26 bits per heavy atom. The maximum atomic E-state index is 12.0. The Morgan fingerprint density at radius 3 is 2.91 bits per heavy atom. The van der Waals surface area contributed by atoms with Gasteiger partial charge in [-0.1, -0.05) is 37.1 Å². The topological polar surface area (TPSA) is 66.9 Å². The first-order valence-corrected chi connectivity index (χ1v) is 8.16. The van der Waals surface area contributed by atoms with E-state index in [2.05, 4.69) is 27.5 Å². The van der Waals surface area contributed by atoms with Gasteiger partial charge in [-0.25, -0.2) is 9.97 Å². The van der Waals surface area contributed by atoms with Crippen molar-refractivity contribution in [1.29, 1.82) is 0 Å². The second kappa shape index (κ2) is 9.10. The van der Waals surface area contributed by atoms with Gasteiger partial charge in [-0.3, -0.25) is 4.79 Å². The molecule has 1 aromatic carbocycles. The smallest absolute Gasteiger partial charge is 0.270 e. The van der Waals surface area contributed by atoms with Gasteiger partial charge in [-0.2, -0.15) is 0 Å². The van der Waals surface area contributed by atoms with Crippen LogP contribution in [0.5, 0.6) is 0 Å². The highest BCUT2D eigenvalue weighted by Gasteiger charge is 2.07. The van der Waals surface area contributed by atoms with Crippen molar-refractivity contribution >= 4 is 23.5 Å². The number of rotatable bonds is 8. The van der Waals surface area contributed by atoms with Crippen LogP contribution < -0.4 is 10.6 Å². The molecule has 0 fully saturated rings. The second-order valence-electron chi connectivity index (χ2n) is 5.18. The molecular weight excluding hydrogens is 312 g/mol. The minimum Gasteiger partial charge on any atom is -0.354 e. The zero-order chi connectivity index (χ0) is 16.5. The first-order valence-electron chi connectivity index (χ1n) is 7.78. The number of carbonyl (C=O) groups is 1. The number of aromatic nitrogens is 2. The van der Waals surface area contributed by atoms with E-state index in [1.807, 2.05) is 24.3 Å². The van der Waals surface area contributed by atoms with E-state index in [4.69, 9.17) is 11.6 Å². The summed E-state index contributed by atoms with van der Waals surface area (Å²) >= 11 is 5.96. The lowest BCUT2D eigenvalue weighted by atomic mass is 10.1. The van der Waals surface area contributed by atoms with Crippen LogP contribution in [0.3, 0.4) is 0 Å². The van der Waals surface area contributed by atoms with E-state index in [9.17, 15) is 4.79 Å². The summed E-state index contributed by atoms with van der Waals surface area (Å²) in [5.41, 5.74) is 1.51. The van der Waals surface area contributed by atoms with E-state index in [1.165, 1.54) is 0 Å². The molecule has 2 aromatic rings. The van der Waals surface area contributed by atoms with Crippen molar-refractivity contribution in [3.8, 4) is 0 Å². The highest BCUT2D eigenvalue weighted by atomic mass is 35.5. The van der Waals surface area contributed by atoms with Crippen molar-refractivity contribution in [2.75, 3.05) is 18.4 Å². The summed E-state index contributed by atoms with van der Waals surface area (Å²) < 4.78 is 0. The Kier molecular flexibility index (Phi) is 6.81. The number of nitrogens with one attached hydrogen (secondary N) is 2. The standard InChI is InChI=1S/C17H21ClN4O/c1-2-3-9-19-16(23)15-8-11-21-17(22-15)20-10-7-13-5-4-6-14(18)12-13/h4-6,8,11-12H,2-3,7,9-10H2,1H3,(H,19,23)(H,20,21,22). The molecule has 1 amide bonds. The van der Waals surface area contributed by atoms with Gasteiger partial charge in [0.2, 0.25) is 5.95 Å². The molecule has 1 aromatic heterocycles. The zero-order valence-electron chi connectivity index (χ0n) is 13.2. The van der Waals surface area contributed by atoms with Gasteiger partial charge in [-0.15, -0.1) is 0 Å². The third-order valence-electron chi connectivity index (χ3n) is 3.29. The molecule has 1 heterocycles. The Balaban J connectivity index is 1.86. The highest BCUT2D eigenvalue weighted by molar-refractivity contribution is 6.30. The van der Waals surface area contributed by atoms with Gasteiger partial charge in [0.1, 0.15) is 5.69 Å². The molecule has 5 nitrogen and oxygen atoms in total. The van der Waals surface area contributed by atoms with Crippen LogP contribution in [0.15, 0.2) is 36.5 Å². The van der Waals surface area contributed by atoms with Crippen LogP contribution in [0.1, 0.15) is 35.8 Å². The fraction of sp³-hybridized carbons (Fsp3) is 0.353. The van der Waals surface area contributed by atoms with Crippen molar-refractivity contribution in [1.82, 2.24) is 15.3 Å². The molecule has 2 rings (SSSR count). The van der Waals surface area contributed by atoms with Crippen LogP contribution in [-0.4, -0.2) is 29.0 Å². The molecule has 0 saturated carbocycles. The van der Waals surface area contributed by atoms with Crippen molar-refractivity contribution in [2.24, 2.45) is 0 Å². The zero-order valence-corrected chi connectivity index (χ0v) is 13.9. The van der Waals surface area contributed by atoms with Crippen molar-refractivity contribution in [2.45, 2.75) is 26.2 Å². The summed E-state index contributed by atoms with van der Waals surface area (Å²) in [5.74, 6) is 0.286. The largest absolute Gasteiger partial charge is 0.354 e. The minimum atomic E-state index is -0.168. The Hall–Kier alpha value is -2.14. The van der Waals surface area contributed by atoms with Gasteiger partial charge in [0, 0.05) is 24.3 Å². The number of hydrogen-bond donors (Lipinski definition) is 2. The molecule has 0 aliphatic carbocycles. The Bertz CT molecular complexity index is 648. The van der Waals surface area contributed by atoms with Crippen LogP contribution in [0, 0.1) is 0 Å². The number of carbonyl (C=O) groups excluding carboxylic acids is 1. The average molecular weight is 333 g/mol. The van der Waals surface area contributed by atoms with Crippen LogP contribution in [-0.2, 0) is 6.42 Å². The van der Waals surface area contributed by atoms with E-state index < -0.39 is 0 Å². The molecule has 0 spiro atoms. The third kappa shape index (κ3) is 5.87. The molecule has 0 atom stereocenters. The molecule has 122 valence electrons. The number of benzene rings is 1. The first kappa shape index (κ1) is 17.2. The predicted octanol–water partition coefficient (Wildman–Crippen LogP) is 3.31. The van der Waals surface area contributed by atoms with Gasteiger partial charge >= 0.3 is 0 Å². The quantitative estimate of drug-likeness (QED) is 0.728. The molecule has 2 N–H and O–H groups in total. The number of unbranched alkanes of at least 4 members (excludes halogenated alkanes) is 1. The van der Waals surface area contributed by atoms with Crippen LogP contribution >= 0.6 is 11.6 Å². The maximum absolute atomic E-state index is 12.0. The van der Waals surface area contributed by atoms with Crippen LogP contribution in [0.4, 0.5) is 5.95 Å². The van der Waals surface area contributed by atoms with Crippen molar-refractivity contribution in [3.05, 3.63) is 52.8 Å². The third-order valence-corrected chi connectivity index (χ3v) is 3.53. The lowest BCUT2D eigenvalue weighted by Gasteiger charge is -2.07. The van der Waals surface area contributed by atoms with Gasteiger partial charge in [0.05, 0.1) is 0 Å². The summed E-state index contributed by atoms with van der Waals surface area (Å²) in [6.07, 6.45) is 4.39. The van der Waals surface area contributed by atoms with E-state index in [-0.39, 0.29) is 5.91 Å². The lowest BCUT2D eigenvalue weighted by molar-refractivity contribution is 0.0948. The van der Waals surface area contributed by atoms with E-state index >= 15 is 0 Å². The van der Waals surface area contributed by atoms with E-state index in [0.29, 0.717) is 24.7 Å². The number of anilines is 1. The van der Waals surface area contributed by atoms with Crippen molar-refractivity contribution in [3.63, 3.8) is 0 Å². The summed E-state index contributed by atoms with van der Waals surface area (Å²) in [6, 6.07) is 9.34. The summed E-state index contributed by atoms with van der Waals surface area (Å²) in [6.45, 7) is 3.41. The Morgan fingerprint density at radius 2 is 2.13 bits per heavy atom. The number of halogens is 1. The lowest BCUT2D eigenvalue weighted by Crippen LogP contribution is -2.25. The number of nitrogens with zero attached hydrogens (tertiary/aromatic N) is 2. The monoisotopic (exact) mass is 332 g/mol. The second-order valence-corrected chi connectivity index (χ2v) is 5.62. The molecular formula is C17H21ClN4O. The fourth-order valence-electron chi connectivity index (χ4n) is 2.05. The molecule has 0 aliphatic heterocycles. The van der Waals surface area contributed by atoms with Crippen LogP contribution in [0.25, 0.3) is 0 Å². The maximum Gasteiger partial charge on any atom is 0.270 e. The normalized spacial score (nSPS) is 10.3. The van der Waals surface area contributed by atoms with Gasteiger partial charge in [0.25, 0.3) is 5.91 Å². The van der Waals surface area contributed by atoms with E-state index in [1.54, 1.807) is 12.3 Å². The molecule has 0 aliphatic rings. The van der Waals surface area contributed by atoms with E-state index in [0.717, 1.165) is 29.8 Å². The fourth-order valence-corrected chi connectivity index (χ4v) is 2.26. The molecule has 0 radical (unpaired) electrons. The summed E-state index contributed by atoms with van der Waals surface area (Å²) in [4.78, 5) is 20.3. The highest BCUT2D eigenvalue weighted by Crippen LogP contribution is 2.11. The number of amides is 1.